The van der Waals surface area contributed by atoms with Gasteiger partial charge in [0.2, 0.25) is 0 Å². The van der Waals surface area contributed by atoms with Crippen molar-refractivity contribution in [3.63, 3.8) is 0 Å². The molecular weight excluding hydrogens is 449 g/mol. The molecule has 4 aliphatic rings. The van der Waals surface area contributed by atoms with Crippen molar-refractivity contribution < 1.29 is 4.39 Å². The molecule has 0 N–H and O–H groups in total. The molecule has 2 aromatic heterocycles. The molecule has 1 saturated heterocycles. The third-order valence-corrected chi connectivity index (χ3v) is 8.72. The summed E-state index contributed by atoms with van der Waals surface area (Å²) < 4.78 is 14.9. The molecule has 5 nitrogen and oxygen atoms in total. The molecule has 7 heteroatoms. The fraction of sp³-hybridized carbons (Fsp3) is 0.593. The lowest BCUT2D eigenvalue weighted by Gasteiger charge is -2.50. The van der Waals surface area contributed by atoms with Crippen LogP contribution >= 0.6 is 11.6 Å². The molecule has 3 heterocycles. The van der Waals surface area contributed by atoms with E-state index in [1.807, 2.05) is 6.07 Å². The van der Waals surface area contributed by atoms with E-state index in [2.05, 4.69) is 34.7 Å². The van der Waals surface area contributed by atoms with E-state index in [0.29, 0.717) is 28.7 Å². The zero-order chi connectivity index (χ0) is 23.6. The van der Waals surface area contributed by atoms with Gasteiger partial charge in [-0.1, -0.05) is 11.6 Å². The number of halogens is 2. The first-order valence-corrected chi connectivity index (χ1v) is 13.0. The number of nitrogens with zero attached hydrogens (tertiary/aromatic N) is 5. The third kappa shape index (κ3) is 3.87. The Morgan fingerprint density at radius 1 is 1.12 bits per heavy atom. The second kappa shape index (κ2) is 8.17. The molecule has 6 rings (SSSR count). The largest absolute Gasteiger partial charge is 0.353 e. The van der Waals surface area contributed by atoms with Crippen molar-refractivity contribution in [2.45, 2.75) is 69.9 Å². The Hall–Kier alpha value is -2.23. The van der Waals surface area contributed by atoms with Crippen molar-refractivity contribution in [1.29, 1.82) is 5.26 Å². The van der Waals surface area contributed by atoms with E-state index in [1.165, 1.54) is 31.9 Å². The average Bonchev–Trinajstić information content (AvgIpc) is 3.69. The zero-order valence-electron chi connectivity index (χ0n) is 19.9. The van der Waals surface area contributed by atoms with Gasteiger partial charge in [-0.25, -0.2) is 14.4 Å². The molecule has 34 heavy (non-hydrogen) atoms. The van der Waals surface area contributed by atoms with Crippen LogP contribution in [0.1, 0.15) is 69.5 Å². The normalized spacial score (nSPS) is 23.7. The van der Waals surface area contributed by atoms with Gasteiger partial charge in [-0.2, -0.15) is 5.26 Å². The topological polar surface area (TPSA) is 56.1 Å². The smallest absolute Gasteiger partial charge is 0.168 e. The highest BCUT2D eigenvalue weighted by atomic mass is 35.5. The molecule has 0 spiro atoms. The number of aromatic nitrogens is 2. The highest BCUT2D eigenvalue weighted by molar-refractivity contribution is 6.29. The Bertz CT molecular complexity index is 1160. The fourth-order valence-corrected chi connectivity index (χ4v) is 6.14. The fourth-order valence-electron chi connectivity index (χ4n) is 5.98. The SMILES string of the molecule is CC(C)(C1CC1)N1CCN(c2nc(C3CC3)c(-c3ccnc(Cl)c3F)cc2C#N)CC1C1CC1. The molecular formula is C27H31ClFN5. The van der Waals surface area contributed by atoms with Crippen molar-refractivity contribution in [2.24, 2.45) is 11.8 Å². The average molecular weight is 480 g/mol. The summed E-state index contributed by atoms with van der Waals surface area (Å²) in [4.78, 5) is 14.0. The van der Waals surface area contributed by atoms with Crippen LogP contribution in [0.25, 0.3) is 11.1 Å². The van der Waals surface area contributed by atoms with Crippen molar-refractivity contribution in [3.05, 3.63) is 40.6 Å². The minimum Gasteiger partial charge on any atom is -0.353 e. The van der Waals surface area contributed by atoms with Crippen LogP contribution in [0.15, 0.2) is 18.3 Å². The van der Waals surface area contributed by atoms with Gasteiger partial charge in [0, 0.05) is 54.5 Å². The molecule has 0 bridgehead atoms. The van der Waals surface area contributed by atoms with Gasteiger partial charge in [-0.15, -0.1) is 0 Å². The summed E-state index contributed by atoms with van der Waals surface area (Å²) in [6.45, 7) is 7.60. The standard InChI is InChI=1S/C27H31ClFN5/c1-27(2,19-7-8-19)34-12-11-33(15-22(34)16-3-4-16)26-18(14-30)13-21(24(32-26)17-5-6-17)20-9-10-31-25(28)23(20)29/h9-10,13,16-17,19,22H,3-8,11-12,15H2,1-2H3. The van der Waals surface area contributed by atoms with Gasteiger partial charge < -0.3 is 4.90 Å². The minimum absolute atomic E-state index is 0.150. The lowest BCUT2D eigenvalue weighted by molar-refractivity contribution is 0.0319. The lowest BCUT2D eigenvalue weighted by atomic mass is 9.91. The Morgan fingerprint density at radius 2 is 1.88 bits per heavy atom. The zero-order valence-corrected chi connectivity index (χ0v) is 20.7. The first-order valence-electron chi connectivity index (χ1n) is 12.7. The number of pyridine rings is 2. The van der Waals surface area contributed by atoms with Crippen LogP contribution < -0.4 is 4.90 Å². The van der Waals surface area contributed by atoms with E-state index in [4.69, 9.17) is 16.6 Å². The van der Waals surface area contributed by atoms with Crippen molar-refractivity contribution >= 4 is 17.4 Å². The van der Waals surface area contributed by atoms with Crippen LogP contribution in [0.2, 0.25) is 5.15 Å². The molecule has 3 saturated carbocycles. The molecule has 4 fully saturated rings. The molecule has 1 unspecified atom stereocenters. The quantitative estimate of drug-likeness (QED) is 0.492. The van der Waals surface area contributed by atoms with E-state index in [0.717, 1.165) is 55.8 Å². The summed E-state index contributed by atoms with van der Waals surface area (Å²) in [5, 5.41) is 9.93. The first kappa shape index (κ1) is 22.2. The number of nitriles is 1. The van der Waals surface area contributed by atoms with Crippen LogP contribution in [0.4, 0.5) is 10.2 Å². The van der Waals surface area contributed by atoms with Gasteiger partial charge in [0.05, 0.1) is 11.3 Å². The first-order chi connectivity index (χ1) is 16.4. The van der Waals surface area contributed by atoms with E-state index < -0.39 is 5.82 Å². The van der Waals surface area contributed by atoms with Crippen LogP contribution in [-0.4, -0.2) is 46.1 Å². The molecule has 3 aliphatic carbocycles. The second-order valence-corrected chi connectivity index (χ2v) is 11.5. The molecule has 0 radical (unpaired) electrons. The van der Waals surface area contributed by atoms with Gasteiger partial charge in [-0.05, 0) is 76.3 Å². The van der Waals surface area contributed by atoms with Gasteiger partial charge in [0.1, 0.15) is 11.9 Å². The minimum atomic E-state index is -0.547. The van der Waals surface area contributed by atoms with Gasteiger partial charge in [0.15, 0.2) is 11.0 Å². The van der Waals surface area contributed by atoms with Gasteiger partial charge in [0.25, 0.3) is 0 Å². The van der Waals surface area contributed by atoms with Crippen molar-refractivity contribution in [2.75, 3.05) is 24.5 Å². The van der Waals surface area contributed by atoms with E-state index >= 15 is 0 Å². The summed E-state index contributed by atoms with van der Waals surface area (Å²) >= 11 is 5.98. The monoisotopic (exact) mass is 479 g/mol. The summed E-state index contributed by atoms with van der Waals surface area (Å²) in [5.41, 5.74) is 2.68. The van der Waals surface area contributed by atoms with Gasteiger partial charge in [-0.3, -0.25) is 4.90 Å². The Kier molecular flexibility index (Phi) is 5.35. The second-order valence-electron chi connectivity index (χ2n) is 11.1. The predicted molar refractivity (Wildman–Crippen MR) is 131 cm³/mol. The molecule has 1 aliphatic heterocycles. The van der Waals surface area contributed by atoms with Crippen molar-refractivity contribution in [3.8, 4) is 17.2 Å². The lowest BCUT2D eigenvalue weighted by Crippen LogP contribution is -2.62. The molecule has 178 valence electrons. The maximum Gasteiger partial charge on any atom is 0.168 e. The summed E-state index contributed by atoms with van der Waals surface area (Å²) in [5.74, 6) is 2.07. The predicted octanol–water partition coefficient (Wildman–Crippen LogP) is 5.77. The van der Waals surface area contributed by atoms with Crippen LogP contribution in [0.5, 0.6) is 0 Å². The van der Waals surface area contributed by atoms with Crippen LogP contribution in [-0.2, 0) is 0 Å². The molecule has 1 atom stereocenters. The maximum atomic E-state index is 14.9. The number of hydrogen-bond donors (Lipinski definition) is 0. The van der Waals surface area contributed by atoms with E-state index in [1.54, 1.807) is 6.07 Å². The van der Waals surface area contributed by atoms with Gasteiger partial charge >= 0.3 is 0 Å². The molecule has 0 aromatic carbocycles. The number of hydrogen-bond acceptors (Lipinski definition) is 5. The number of anilines is 1. The van der Waals surface area contributed by atoms with Crippen LogP contribution in [0, 0.1) is 29.0 Å². The maximum absolute atomic E-state index is 14.9. The Labute approximate surface area is 205 Å². The Morgan fingerprint density at radius 3 is 2.53 bits per heavy atom. The number of piperazine rings is 1. The third-order valence-electron chi connectivity index (χ3n) is 8.45. The van der Waals surface area contributed by atoms with E-state index in [9.17, 15) is 9.65 Å². The van der Waals surface area contributed by atoms with Crippen LogP contribution in [0.3, 0.4) is 0 Å². The Balaban J connectivity index is 1.37. The number of rotatable bonds is 6. The summed E-state index contributed by atoms with van der Waals surface area (Å²) in [6, 6.07) is 6.32. The highest BCUT2D eigenvalue weighted by Gasteiger charge is 2.49. The summed E-state index contributed by atoms with van der Waals surface area (Å²) in [6.07, 6.45) is 8.86. The highest BCUT2D eigenvalue weighted by Crippen LogP contribution is 2.49. The molecule has 2 aromatic rings. The van der Waals surface area contributed by atoms with Crippen molar-refractivity contribution in [1.82, 2.24) is 14.9 Å². The van der Waals surface area contributed by atoms with E-state index in [-0.39, 0.29) is 10.7 Å². The summed E-state index contributed by atoms with van der Waals surface area (Å²) in [7, 11) is 0. The molecule has 0 amide bonds.